The molecule has 2 fully saturated rings. The molecule has 2 atom stereocenters. The first-order valence-electron chi connectivity index (χ1n) is 6.00. The number of ether oxygens (including phenoxy) is 1. The predicted octanol–water partition coefficient (Wildman–Crippen LogP) is 2.86. The van der Waals surface area contributed by atoms with Gasteiger partial charge >= 0.3 is 0 Å². The summed E-state index contributed by atoms with van der Waals surface area (Å²) < 4.78 is 6.53. The lowest BCUT2D eigenvalue weighted by Gasteiger charge is -2.43. The number of halogens is 1. The summed E-state index contributed by atoms with van der Waals surface area (Å²) in [6.07, 6.45) is 0.967. The summed E-state index contributed by atoms with van der Waals surface area (Å²) in [5.41, 5.74) is 0.809. The average molecular weight is 348 g/mol. The fraction of sp³-hybridized carbons (Fsp3) is 0.583. The van der Waals surface area contributed by atoms with Crippen molar-refractivity contribution in [3.63, 3.8) is 0 Å². The van der Waals surface area contributed by atoms with E-state index in [-0.39, 0.29) is 5.91 Å². The zero-order chi connectivity index (χ0) is 12.5. The largest absolute Gasteiger partial charge is 0.380 e. The molecule has 0 aliphatic carbocycles. The molecule has 3 rings (SSSR count). The number of nitrogens with zero attached hydrogens (tertiary/aromatic N) is 1. The van der Waals surface area contributed by atoms with Gasteiger partial charge in [0.05, 0.1) is 16.0 Å². The second kappa shape index (κ2) is 5.53. The molecule has 0 radical (unpaired) electrons. The number of thioether (sulfide) groups is 1. The quantitative estimate of drug-likeness (QED) is 0.782. The third kappa shape index (κ3) is 2.48. The van der Waals surface area contributed by atoms with Crippen LogP contribution in [0.1, 0.15) is 16.8 Å². The predicted molar refractivity (Wildman–Crippen MR) is 78.5 cm³/mol. The van der Waals surface area contributed by atoms with E-state index in [4.69, 9.17) is 4.74 Å². The Labute approximate surface area is 123 Å². The van der Waals surface area contributed by atoms with Crippen LogP contribution in [0.5, 0.6) is 0 Å². The maximum atomic E-state index is 12.5. The minimum absolute atomic E-state index is 0.175. The molecule has 18 heavy (non-hydrogen) atoms. The molecule has 0 aromatic carbocycles. The number of fused-ring (bicyclic) bond motifs is 1. The van der Waals surface area contributed by atoms with Crippen LogP contribution in [0, 0.1) is 0 Å². The van der Waals surface area contributed by atoms with Gasteiger partial charge in [-0.25, -0.2) is 0 Å². The highest BCUT2D eigenvalue weighted by atomic mass is 79.9. The highest BCUT2D eigenvalue weighted by Crippen LogP contribution is 2.32. The van der Waals surface area contributed by atoms with Crippen molar-refractivity contribution in [2.45, 2.75) is 17.7 Å². The molecule has 0 bridgehead atoms. The zero-order valence-electron chi connectivity index (χ0n) is 9.80. The van der Waals surface area contributed by atoms with E-state index in [1.165, 1.54) is 0 Å². The van der Waals surface area contributed by atoms with Crippen LogP contribution in [-0.4, -0.2) is 47.6 Å². The summed E-state index contributed by atoms with van der Waals surface area (Å²) in [6.45, 7) is 2.42. The molecule has 3 nitrogen and oxygen atoms in total. The van der Waals surface area contributed by atoms with Crippen molar-refractivity contribution in [3.05, 3.63) is 20.8 Å². The molecule has 1 aromatic heterocycles. The van der Waals surface area contributed by atoms with E-state index < -0.39 is 0 Å². The van der Waals surface area contributed by atoms with Crippen molar-refractivity contribution < 1.29 is 9.53 Å². The highest BCUT2D eigenvalue weighted by molar-refractivity contribution is 9.11. The Morgan fingerprint density at radius 2 is 2.44 bits per heavy atom. The molecule has 2 aliphatic heterocycles. The number of carbonyl (C=O) groups excluding carboxylic acids is 1. The summed E-state index contributed by atoms with van der Waals surface area (Å²) in [7, 11) is 0. The van der Waals surface area contributed by atoms with Crippen LogP contribution in [0.25, 0.3) is 0 Å². The average Bonchev–Trinajstić information content (AvgIpc) is 2.84. The van der Waals surface area contributed by atoms with Crippen molar-refractivity contribution >= 4 is 44.9 Å². The first-order chi connectivity index (χ1) is 8.75. The molecule has 0 saturated carbocycles. The van der Waals surface area contributed by atoms with Crippen LogP contribution in [0.15, 0.2) is 15.2 Å². The Morgan fingerprint density at radius 3 is 3.22 bits per heavy atom. The lowest BCUT2D eigenvalue weighted by molar-refractivity contribution is 0.0319. The molecule has 1 aromatic rings. The molecule has 0 unspecified atom stereocenters. The van der Waals surface area contributed by atoms with Crippen molar-refractivity contribution in [3.8, 4) is 0 Å². The number of hydrogen-bond donors (Lipinski definition) is 0. The van der Waals surface area contributed by atoms with Crippen LogP contribution in [0.3, 0.4) is 0 Å². The number of thiophene rings is 1. The number of carbonyl (C=O) groups is 1. The zero-order valence-corrected chi connectivity index (χ0v) is 13.0. The lowest BCUT2D eigenvalue weighted by Crippen LogP contribution is -2.54. The fourth-order valence-corrected chi connectivity index (χ4v) is 4.96. The third-order valence-electron chi connectivity index (χ3n) is 3.41. The standard InChI is InChI=1S/C12H14BrNO2S2/c13-11-5-8(7-18-11)12(15)14-2-4-17-10-6-16-3-1-9(10)14/h5,7,9-10H,1-4,6H2/t9-,10-/m1/s1. The van der Waals surface area contributed by atoms with Gasteiger partial charge in [-0.15, -0.1) is 11.3 Å². The fourth-order valence-electron chi connectivity index (χ4n) is 2.52. The highest BCUT2D eigenvalue weighted by Gasteiger charge is 2.37. The minimum atomic E-state index is 0.175. The van der Waals surface area contributed by atoms with Gasteiger partial charge in [0.25, 0.3) is 5.91 Å². The van der Waals surface area contributed by atoms with E-state index >= 15 is 0 Å². The third-order valence-corrected chi connectivity index (χ3v) is 6.21. The van der Waals surface area contributed by atoms with Crippen molar-refractivity contribution in [2.24, 2.45) is 0 Å². The Bertz CT molecular complexity index is 449. The van der Waals surface area contributed by atoms with Crippen LogP contribution >= 0.6 is 39.0 Å². The monoisotopic (exact) mass is 347 g/mol. The Morgan fingerprint density at radius 1 is 1.56 bits per heavy atom. The maximum absolute atomic E-state index is 12.5. The van der Waals surface area contributed by atoms with Crippen molar-refractivity contribution in [1.29, 1.82) is 0 Å². The molecular formula is C12H14BrNO2S2. The van der Waals surface area contributed by atoms with E-state index in [1.54, 1.807) is 11.3 Å². The van der Waals surface area contributed by atoms with Crippen LogP contribution in [0.4, 0.5) is 0 Å². The molecule has 98 valence electrons. The van der Waals surface area contributed by atoms with E-state index in [0.717, 1.165) is 41.3 Å². The van der Waals surface area contributed by atoms with Gasteiger partial charge in [-0.2, -0.15) is 11.8 Å². The first-order valence-corrected chi connectivity index (χ1v) is 8.72. The molecule has 0 spiro atoms. The van der Waals surface area contributed by atoms with E-state index in [9.17, 15) is 4.79 Å². The number of hydrogen-bond acceptors (Lipinski definition) is 4. The molecule has 6 heteroatoms. The van der Waals surface area contributed by atoms with E-state index in [0.29, 0.717) is 11.3 Å². The van der Waals surface area contributed by atoms with Gasteiger partial charge in [0, 0.05) is 35.6 Å². The van der Waals surface area contributed by atoms with Crippen molar-refractivity contribution in [2.75, 3.05) is 25.5 Å². The molecule has 0 N–H and O–H groups in total. The summed E-state index contributed by atoms with van der Waals surface area (Å²) in [5.74, 6) is 1.19. The summed E-state index contributed by atoms with van der Waals surface area (Å²) in [6, 6.07) is 2.27. The van der Waals surface area contributed by atoms with Crippen LogP contribution < -0.4 is 0 Å². The normalized spacial score (nSPS) is 27.9. The SMILES string of the molecule is O=C(c1csc(Br)c1)N1CCS[C@@H]2COCC[C@H]21. The second-order valence-electron chi connectivity index (χ2n) is 4.48. The first kappa shape index (κ1) is 13.0. The maximum Gasteiger partial charge on any atom is 0.255 e. The molecule has 2 saturated heterocycles. The molecule has 1 amide bonds. The van der Waals surface area contributed by atoms with Gasteiger partial charge in [-0.3, -0.25) is 4.79 Å². The topological polar surface area (TPSA) is 29.5 Å². The van der Waals surface area contributed by atoms with Crippen LogP contribution in [-0.2, 0) is 4.74 Å². The molecule has 2 aliphatic rings. The molecular weight excluding hydrogens is 334 g/mol. The van der Waals surface area contributed by atoms with Crippen LogP contribution in [0.2, 0.25) is 0 Å². The van der Waals surface area contributed by atoms with Gasteiger partial charge in [-0.1, -0.05) is 0 Å². The van der Waals surface area contributed by atoms with Crippen molar-refractivity contribution in [1.82, 2.24) is 4.90 Å². The van der Waals surface area contributed by atoms with Gasteiger partial charge in [0.2, 0.25) is 0 Å². The lowest BCUT2D eigenvalue weighted by atomic mass is 10.1. The van der Waals surface area contributed by atoms with E-state index in [1.807, 2.05) is 23.2 Å². The van der Waals surface area contributed by atoms with Gasteiger partial charge < -0.3 is 9.64 Å². The smallest absolute Gasteiger partial charge is 0.255 e. The Kier molecular flexibility index (Phi) is 3.98. The van der Waals surface area contributed by atoms with Gasteiger partial charge in [-0.05, 0) is 28.4 Å². The number of amides is 1. The minimum Gasteiger partial charge on any atom is -0.380 e. The summed E-state index contributed by atoms with van der Waals surface area (Å²) in [5, 5.41) is 2.39. The number of rotatable bonds is 1. The summed E-state index contributed by atoms with van der Waals surface area (Å²) >= 11 is 6.93. The second-order valence-corrected chi connectivity index (χ2v) is 8.12. The molecule has 3 heterocycles. The van der Waals surface area contributed by atoms with Gasteiger partial charge in [0.15, 0.2) is 0 Å². The Hall–Kier alpha value is -0.0400. The van der Waals surface area contributed by atoms with Gasteiger partial charge in [0.1, 0.15) is 0 Å². The van der Waals surface area contributed by atoms with E-state index in [2.05, 4.69) is 20.8 Å². The summed E-state index contributed by atoms with van der Waals surface area (Å²) in [4.78, 5) is 14.6. The Balaban J connectivity index is 1.79.